The highest BCUT2D eigenvalue weighted by molar-refractivity contribution is 7.92. The average Bonchev–Trinajstić information content (AvgIpc) is 2.96. The largest absolute Gasteiger partial charge is 0.464 e. The molecule has 0 unspecified atom stereocenters. The fraction of sp³-hybridized carbons (Fsp3) is 0.462. The Bertz CT molecular complexity index is 703. The van der Waals surface area contributed by atoms with E-state index in [1.165, 1.54) is 4.68 Å². The monoisotopic (exact) mass is 312 g/mol. The molecule has 0 aliphatic rings. The maximum Gasteiger partial charge on any atom is 0.266 e. The molecule has 0 saturated carbocycles. The topological polar surface area (TPSA) is 89.2 Å². The number of furan rings is 1. The summed E-state index contributed by atoms with van der Waals surface area (Å²) in [6.45, 7) is 5.06. The summed E-state index contributed by atoms with van der Waals surface area (Å²) in [6, 6.07) is 3.14. The normalized spacial score (nSPS) is 11.8. The summed E-state index contributed by atoms with van der Waals surface area (Å²) in [5, 5.41) is 7.17. The number of nitrogens with zero attached hydrogens (tertiary/aromatic N) is 2. The Morgan fingerprint density at radius 2 is 2.19 bits per heavy atom. The molecule has 8 heteroatoms. The van der Waals surface area contributed by atoms with Gasteiger partial charge in [-0.15, -0.1) is 0 Å². The molecular formula is C13H20N4O3S. The van der Waals surface area contributed by atoms with Crippen molar-refractivity contribution in [1.82, 2.24) is 15.1 Å². The van der Waals surface area contributed by atoms with Crippen LogP contribution >= 0.6 is 0 Å². The number of aromatic nitrogens is 2. The maximum atomic E-state index is 12.3. The summed E-state index contributed by atoms with van der Waals surface area (Å²) in [5.74, 6) is 1.25. The van der Waals surface area contributed by atoms with Crippen molar-refractivity contribution in [2.45, 2.75) is 31.7 Å². The van der Waals surface area contributed by atoms with E-state index in [1.54, 1.807) is 32.3 Å². The lowest BCUT2D eigenvalue weighted by atomic mass is 10.4. The zero-order chi connectivity index (χ0) is 15.5. The lowest BCUT2D eigenvalue weighted by Gasteiger charge is -2.03. The third-order valence-electron chi connectivity index (χ3n) is 2.89. The molecule has 2 N–H and O–H groups in total. The predicted molar refractivity (Wildman–Crippen MR) is 79.5 cm³/mol. The standard InChI is InChI=1S/C13H20N4O3S/c1-4-6-14-9-11-8-12(10(2)20-11)21(18,19)16-13-5-7-17(3)15-13/h5,7-8,14H,4,6,9H2,1-3H3,(H,15,16). The van der Waals surface area contributed by atoms with Crippen LogP contribution in [0, 0.1) is 6.92 Å². The van der Waals surface area contributed by atoms with E-state index in [-0.39, 0.29) is 10.7 Å². The van der Waals surface area contributed by atoms with Crippen molar-refractivity contribution in [2.24, 2.45) is 7.05 Å². The molecule has 21 heavy (non-hydrogen) atoms. The van der Waals surface area contributed by atoms with Gasteiger partial charge in [0.25, 0.3) is 10.0 Å². The first-order valence-electron chi connectivity index (χ1n) is 6.75. The smallest absolute Gasteiger partial charge is 0.266 e. The molecule has 2 heterocycles. The highest BCUT2D eigenvalue weighted by Gasteiger charge is 2.22. The van der Waals surface area contributed by atoms with Crippen molar-refractivity contribution in [3.05, 3.63) is 29.9 Å². The van der Waals surface area contributed by atoms with Gasteiger partial charge in [0.2, 0.25) is 0 Å². The molecule has 0 aliphatic heterocycles. The lowest BCUT2D eigenvalue weighted by molar-refractivity contribution is 0.457. The Hall–Kier alpha value is -1.80. The Morgan fingerprint density at radius 3 is 2.81 bits per heavy atom. The van der Waals surface area contributed by atoms with Crippen molar-refractivity contribution in [3.63, 3.8) is 0 Å². The van der Waals surface area contributed by atoms with Crippen LogP contribution in [0.4, 0.5) is 5.82 Å². The first kappa shape index (κ1) is 15.6. The Balaban J connectivity index is 2.16. The van der Waals surface area contributed by atoms with Crippen LogP contribution in [0.2, 0.25) is 0 Å². The van der Waals surface area contributed by atoms with Crippen molar-refractivity contribution < 1.29 is 12.8 Å². The van der Waals surface area contributed by atoms with E-state index < -0.39 is 10.0 Å². The van der Waals surface area contributed by atoms with Crippen molar-refractivity contribution >= 4 is 15.8 Å². The number of hydrogen-bond donors (Lipinski definition) is 2. The van der Waals surface area contributed by atoms with Crippen LogP contribution in [0.3, 0.4) is 0 Å². The Morgan fingerprint density at radius 1 is 1.43 bits per heavy atom. The van der Waals surface area contributed by atoms with E-state index in [0.29, 0.717) is 18.1 Å². The van der Waals surface area contributed by atoms with E-state index in [0.717, 1.165) is 13.0 Å². The van der Waals surface area contributed by atoms with Gasteiger partial charge >= 0.3 is 0 Å². The van der Waals surface area contributed by atoms with Gasteiger partial charge in [-0.2, -0.15) is 5.10 Å². The highest BCUT2D eigenvalue weighted by atomic mass is 32.2. The minimum absolute atomic E-state index is 0.140. The summed E-state index contributed by atoms with van der Waals surface area (Å²) in [5.41, 5.74) is 0. The van der Waals surface area contributed by atoms with E-state index in [4.69, 9.17) is 4.42 Å². The molecule has 0 radical (unpaired) electrons. The van der Waals surface area contributed by atoms with Crippen LogP contribution in [-0.4, -0.2) is 24.7 Å². The van der Waals surface area contributed by atoms with Gasteiger partial charge in [-0.1, -0.05) is 6.92 Å². The van der Waals surface area contributed by atoms with E-state index >= 15 is 0 Å². The molecule has 0 aliphatic carbocycles. The van der Waals surface area contributed by atoms with Gasteiger partial charge < -0.3 is 9.73 Å². The number of hydrogen-bond acceptors (Lipinski definition) is 5. The van der Waals surface area contributed by atoms with Gasteiger partial charge in [0, 0.05) is 25.4 Å². The van der Waals surface area contributed by atoms with Gasteiger partial charge in [-0.05, 0) is 19.9 Å². The quantitative estimate of drug-likeness (QED) is 0.758. The highest BCUT2D eigenvalue weighted by Crippen LogP contribution is 2.22. The zero-order valence-corrected chi connectivity index (χ0v) is 13.2. The second-order valence-corrected chi connectivity index (χ2v) is 6.44. The van der Waals surface area contributed by atoms with Crippen LogP contribution in [0.5, 0.6) is 0 Å². The van der Waals surface area contributed by atoms with Gasteiger partial charge in [0.05, 0.1) is 6.54 Å². The molecule has 0 aromatic carbocycles. The molecule has 0 saturated heterocycles. The number of anilines is 1. The van der Waals surface area contributed by atoms with Crippen LogP contribution < -0.4 is 10.0 Å². The van der Waals surface area contributed by atoms with E-state index in [1.807, 2.05) is 0 Å². The Kier molecular flexibility index (Phi) is 4.69. The molecule has 0 amide bonds. The van der Waals surface area contributed by atoms with Crippen LogP contribution in [0.25, 0.3) is 0 Å². The minimum Gasteiger partial charge on any atom is -0.464 e. The fourth-order valence-electron chi connectivity index (χ4n) is 1.93. The molecule has 2 aromatic heterocycles. The summed E-state index contributed by atoms with van der Waals surface area (Å²) in [6.07, 6.45) is 2.67. The van der Waals surface area contributed by atoms with Gasteiger partial charge in [0.15, 0.2) is 5.82 Å². The van der Waals surface area contributed by atoms with E-state index in [2.05, 4.69) is 22.1 Å². The van der Waals surface area contributed by atoms with Crippen molar-refractivity contribution in [1.29, 1.82) is 0 Å². The number of aryl methyl sites for hydroxylation is 2. The summed E-state index contributed by atoms with van der Waals surface area (Å²) in [7, 11) is -1.97. The number of nitrogens with one attached hydrogen (secondary N) is 2. The predicted octanol–water partition coefficient (Wildman–Crippen LogP) is 1.62. The van der Waals surface area contributed by atoms with Crippen LogP contribution in [0.15, 0.2) is 27.6 Å². The Labute approximate surface area is 124 Å². The zero-order valence-electron chi connectivity index (χ0n) is 12.4. The molecule has 7 nitrogen and oxygen atoms in total. The number of sulfonamides is 1. The molecule has 0 bridgehead atoms. The summed E-state index contributed by atoms with van der Waals surface area (Å²) in [4.78, 5) is 0.140. The number of rotatable bonds is 7. The molecule has 0 spiro atoms. The summed E-state index contributed by atoms with van der Waals surface area (Å²) >= 11 is 0. The third-order valence-corrected chi connectivity index (χ3v) is 4.35. The molecule has 116 valence electrons. The first-order valence-corrected chi connectivity index (χ1v) is 8.23. The average molecular weight is 312 g/mol. The van der Waals surface area contributed by atoms with Gasteiger partial charge in [-0.25, -0.2) is 8.42 Å². The third kappa shape index (κ3) is 3.85. The van der Waals surface area contributed by atoms with Crippen molar-refractivity contribution in [3.8, 4) is 0 Å². The second-order valence-electron chi connectivity index (χ2n) is 4.79. The molecule has 0 fully saturated rings. The maximum absolute atomic E-state index is 12.3. The molecule has 2 aromatic rings. The molecular weight excluding hydrogens is 292 g/mol. The minimum atomic E-state index is -3.69. The van der Waals surface area contributed by atoms with E-state index in [9.17, 15) is 8.42 Å². The van der Waals surface area contributed by atoms with Crippen LogP contribution in [0.1, 0.15) is 24.9 Å². The SMILES string of the molecule is CCCNCc1cc(S(=O)(=O)Nc2ccn(C)n2)c(C)o1. The first-order chi connectivity index (χ1) is 9.92. The molecule has 0 atom stereocenters. The van der Waals surface area contributed by atoms with Gasteiger partial charge in [-0.3, -0.25) is 9.40 Å². The molecule has 2 rings (SSSR count). The summed E-state index contributed by atoms with van der Waals surface area (Å²) < 4.78 is 34.1. The van der Waals surface area contributed by atoms with Gasteiger partial charge in [0.1, 0.15) is 16.4 Å². The second kappa shape index (κ2) is 6.31. The lowest BCUT2D eigenvalue weighted by Crippen LogP contribution is -2.14. The van der Waals surface area contributed by atoms with Crippen LogP contribution in [-0.2, 0) is 23.6 Å². The van der Waals surface area contributed by atoms with Crippen molar-refractivity contribution in [2.75, 3.05) is 11.3 Å². The fourth-order valence-corrected chi connectivity index (χ4v) is 3.13.